The van der Waals surface area contributed by atoms with Gasteiger partial charge in [0, 0.05) is 6.42 Å². The van der Waals surface area contributed by atoms with E-state index >= 15 is 0 Å². The van der Waals surface area contributed by atoms with Crippen molar-refractivity contribution in [2.75, 3.05) is 11.5 Å². The van der Waals surface area contributed by atoms with E-state index in [1.165, 1.54) is 24.3 Å². The summed E-state index contributed by atoms with van der Waals surface area (Å²) in [6.45, 7) is 2.10. The highest BCUT2D eigenvalue weighted by Crippen LogP contribution is 2.28. The van der Waals surface area contributed by atoms with Gasteiger partial charge in [-0.25, -0.2) is 0 Å². The SMILES string of the molecule is CCC(Br)c1nnc(CC2CCSCC2)o1. The minimum atomic E-state index is 0.204. The third kappa shape index (κ3) is 3.23. The molecule has 1 fully saturated rings. The van der Waals surface area contributed by atoms with Crippen LogP contribution >= 0.6 is 27.7 Å². The average molecular weight is 305 g/mol. The Hall–Kier alpha value is -0.0300. The van der Waals surface area contributed by atoms with Crippen molar-refractivity contribution in [2.45, 2.75) is 37.4 Å². The van der Waals surface area contributed by atoms with Gasteiger partial charge in [-0.3, -0.25) is 0 Å². The number of rotatable bonds is 4. The van der Waals surface area contributed by atoms with E-state index in [1.807, 2.05) is 11.8 Å². The maximum absolute atomic E-state index is 5.66. The molecule has 1 aliphatic heterocycles. The minimum absolute atomic E-state index is 0.204. The van der Waals surface area contributed by atoms with Gasteiger partial charge in [0.05, 0.1) is 4.83 Å². The summed E-state index contributed by atoms with van der Waals surface area (Å²) < 4.78 is 5.66. The average Bonchev–Trinajstić information content (AvgIpc) is 2.78. The van der Waals surface area contributed by atoms with Gasteiger partial charge in [0.1, 0.15) is 0 Å². The molecule has 1 aromatic rings. The number of alkyl halides is 1. The van der Waals surface area contributed by atoms with Gasteiger partial charge in [-0.15, -0.1) is 10.2 Å². The van der Waals surface area contributed by atoms with E-state index in [-0.39, 0.29) is 4.83 Å². The fraction of sp³-hybridized carbons (Fsp3) is 0.818. The predicted octanol–water partition coefficient (Wildman–Crippen LogP) is 3.60. The van der Waals surface area contributed by atoms with Crippen molar-refractivity contribution in [3.8, 4) is 0 Å². The summed E-state index contributed by atoms with van der Waals surface area (Å²) in [6, 6.07) is 0. The monoisotopic (exact) mass is 304 g/mol. The lowest BCUT2D eigenvalue weighted by Crippen LogP contribution is -2.12. The molecule has 1 saturated heterocycles. The van der Waals surface area contributed by atoms with Crippen molar-refractivity contribution in [3.63, 3.8) is 0 Å². The first-order chi connectivity index (χ1) is 7.79. The Morgan fingerprint density at radius 1 is 1.44 bits per heavy atom. The van der Waals surface area contributed by atoms with Crippen molar-refractivity contribution in [1.29, 1.82) is 0 Å². The first kappa shape index (κ1) is 12.4. The van der Waals surface area contributed by atoms with Crippen molar-refractivity contribution in [1.82, 2.24) is 10.2 Å². The van der Waals surface area contributed by atoms with Crippen molar-refractivity contribution < 1.29 is 4.42 Å². The highest BCUT2D eigenvalue weighted by Gasteiger charge is 2.19. The lowest BCUT2D eigenvalue weighted by molar-refractivity contribution is 0.389. The molecule has 0 spiro atoms. The molecule has 0 N–H and O–H groups in total. The van der Waals surface area contributed by atoms with Gasteiger partial charge in [-0.1, -0.05) is 22.9 Å². The van der Waals surface area contributed by atoms with Gasteiger partial charge in [0.25, 0.3) is 0 Å². The third-order valence-electron chi connectivity index (χ3n) is 2.91. The van der Waals surface area contributed by atoms with Crippen LogP contribution < -0.4 is 0 Å². The first-order valence-corrected chi connectivity index (χ1v) is 7.90. The van der Waals surface area contributed by atoms with Crippen LogP contribution in [0.5, 0.6) is 0 Å². The van der Waals surface area contributed by atoms with Crippen LogP contribution in [-0.2, 0) is 6.42 Å². The van der Waals surface area contributed by atoms with Crippen LogP contribution in [-0.4, -0.2) is 21.7 Å². The molecule has 0 radical (unpaired) electrons. The standard InChI is InChI=1S/C11H17BrN2OS/c1-2-9(12)11-14-13-10(15-11)7-8-3-5-16-6-4-8/h8-9H,2-7H2,1H3. The maximum atomic E-state index is 5.66. The topological polar surface area (TPSA) is 38.9 Å². The molecule has 16 heavy (non-hydrogen) atoms. The molecular weight excluding hydrogens is 288 g/mol. The van der Waals surface area contributed by atoms with Crippen LogP contribution in [0, 0.1) is 5.92 Å². The largest absolute Gasteiger partial charge is 0.424 e. The van der Waals surface area contributed by atoms with Gasteiger partial charge < -0.3 is 4.42 Å². The zero-order chi connectivity index (χ0) is 11.4. The van der Waals surface area contributed by atoms with E-state index in [9.17, 15) is 0 Å². The summed E-state index contributed by atoms with van der Waals surface area (Å²) in [5.74, 6) is 4.83. The molecule has 0 aromatic carbocycles. The van der Waals surface area contributed by atoms with Crippen LogP contribution in [0.2, 0.25) is 0 Å². The molecule has 5 heteroatoms. The van der Waals surface area contributed by atoms with Crippen LogP contribution in [0.3, 0.4) is 0 Å². The lowest BCUT2D eigenvalue weighted by atomic mass is 9.99. The molecule has 1 unspecified atom stereocenters. The molecule has 3 nitrogen and oxygen atoms in total. The Morgan fingerprint density at radius 3 is 2.88 bits per heavy atom. The third-order valence-corrected chi connectivity index (χ3v) is 5.00. The molecule has 1 atom stereocenters. The van der Waals surface area contributed by atoms with E-state index in [2.05, 4.69) is 33.1 Å². The summed E-state index contributed by atoms with van der Waals surface area (Å²) in [5.41, 5.74) is 0. The second-order valence-electron chi connectivity index (χ2n) is 4.17. The molecule has 1 aromatic heterocycles. The van der Waals surface area contributed by atoms with Crippen LogP contribution in [0.1, 0.15) is 42.8 Å². The summed E-state index contributed by atoms with van der Waals surface area (Å²) in [6.07, 6.45) is 4.50. The van der Waals surface area contributed by atoms with E-state index in [0.717, 1.165) is 30.5 Å². The van der Waals surface area contributed by atoms with Crippen molar-refractivity contribution in [3.05, 3.63) is 11.8 Å². The van der Waals surface area contributed by atoms with E-state index in [1.54, 1.807) is 0 Å². The fourth-order valence-corrected chi connectivity index (χ4v) is 3.24. The predicted molar refractivity (Wildman–Crippen MR) is 70.0 cm³/mol. The summed E-state index contributed by atoms with van der Waals surface area (Å²) in [5, 5.41) is 8.21. The highest BCUT2D eigenvalue weighted by atomic mass is 79.9. The summed E-state index contributed by atoms with van der Waals surface area (Å²) >= 11 is 5.57. The second kappa shape index (κ2) is 6.05. The number of hydrogen-bond acceptors (Lipinski definition) is 4. The van der Waals surface area contributed by atoms with Crippen molar-refractivity contribution in [2.24, 2.45) is 5.92 Å². The van der Waals surface area contributed by atoms with Crippen LogP contribution in [0.15, 0.2) is 4.42 Å². The summed E-state index contributed by atoms with van der Waals surface area (Å²) in [7, 11) is 0. The smallest absolute Gasteiger partial charge is 0.230 e. The molecule has 2 rings (SSSR count). The molecule has 2 heterocycles. The summed E-state index contributed by atoms with van der Waals surface area (Å²) in [4.78, 5) is 0.204. The quantitative estimate of drug-likeness (QED) is 0.797. The zero-order valence-electron chi connectivity index (χ0n) is 9.49. The Bertz CT molecular complexity index is 326. The number of aromatic nitrogens is 2. The minimum Gasteiger partial charge on any atom is -0.424 e. The normalized spacial score (nSPS) is 19.9. The molecular formula is C11H17BrN2OS. The second-order valence-corrected chi connectivity index (χ2v) is 6.50. The number of hydrogen-bond donors (Lipinski definition) is 0. The van der Waals surface area contributed by atoms with E-state index in [4.69, 9.17) is 4.42 Å². The van der Waals surface area contributed by atoms with Crippen molar-refractivity contribution >= 4 is 27.7 Å². The molecule has 0 saturated carbocycles. The zero-order valence-corrected chi connectivity index (χ0v) is 11.9. The molecule has 90 valence electrons. The Kier molecular flexibility index (Phi) is 4.70. The number of thioether (sulfide) groups is 1. The molecule has 0 bridgehead atoms. The van der Waals surface area contributed by atoms with Gasteiger partial charge in [-0.2, -0.15) is 11.8 Å². The van der Waals surface area contributed by atoms with Gasteiger partial charge in [0.15, 0.2) is 0 Å². The van der Waals surface area contributed by atoms with Gasteiger partial charge >= 0.3 is 0 Å². The maximum Gasteiger partial charge on any atom is 0.230 e. The fourth-order valence-electron chi connectivity index (χ4n) is 1.85. The first-order valence-electron chi connectivity index (χ1n) is 5.83. The molecule has 0 aliphatic carbocycles. The van der Waals surface area contributed by atoms with E-state index in [0.29, 0.717) is 0 Å². The Balaban J connectivity index is 1.91. The Labute approximate surface area is 109 Å². The molecule has 1 aliphatic rings. The van der Waals surface area contributed by atoms with Crippen LogP contribution in [0.25, 0.3) is 0 Å². The molecule has 0 amide bonds. The van der Waals surface area contributed by atoms with E-state index < -0.39 is 0 Å². The highest BCUT2D eigenvalue weighted by molar-refractivity contribution is 9.09. The van der Waals surface area contributed by atoms with Gasteiger partial charge in [-0.05, 0) is 36.7 Å². The number of halogens is 1. The van der Waals surface area contributed by atoms with Gasteiger partial charge in [0.2, 0.25) is 11.8 Å². The lowest BCUT2D eigenvalue weighted by Gasteiger charge is -2.19. The number of nitrogens with zero attached hydrogens (tertiary/aromatic N) is 2. The van der Waals surface area contributed by atoms with Crippen LogP contribution in [0.4, 0.5) is 0 Å². The Morgan fingerprint density at radius 2 is 2.19 bits per heavy atom.